The van der Waals surface area contributed by atoms with E-state index in [4.69, 9.17) is 5.11 Å². The molecule has 1 atom stereocenters. The second kappa shape index (κ2) is 3.30. The third-order valence-electron chi connectivity index (χ3n) is 1.40. The molecule has 4 heteroatoms. The summed E-state index contributed by atoms with van der Waals surface area (Å²) < 4.78 is 4.38. The topological polar surface area (TPSA) is 63.6 Å². The molecule has 1 aliphatic rings. The van der Waals surface area contributed by atoms with E-state index < -0.39 is 12.3 Å². The lowest BCUT2D eigenvalue weighted by Gasteiger charge is -2.04. The molecule has 1 rings (SSSR count). The molecule has 0 aliphatic carbocycles. The Labute approximate surface area is 63.5 Å². The maximum Gasteiger partial charge on any atom is 0.333 e. The predicted molar refractivity (Wildman–Crippen MR) is 35.5 cm³/mol. The van der Waals surface area contributed by atoms with Gasteiger partial charge in [-0.3, -0.25) is 0 Å². The average molecular weight is 156 g/mol. The van der Waals surface area contributed by atoms with E-state index in [9.17, 15) is 9.59 Å². The third-order valence-corrected chi connectivity index (χ3v) is 1.40. The predicted octanol–water partition coefficient (Wildman–Crippen LogP) is -0.233. The normalized spacial score (nSPS) is 22.8. The van der Waals surface area contributed by atoms with Crippen LogP contribution in [-0.2, 0) is 14.3 Å². The summed E-state index contributed by atoms with van der Waals surface area (Å²) in [4.78, 5) is 20.4. The van der Waals surface area contributed by atoms with E-state index in [0.717, 1.165) is 6.29 Å². The molecule has 0 saturated heterocycles. The van der Waals surface area contributed by atoms with Crippen molar-refractivity contribution >= 4 is 12.3 Å². The SMILES string of the molecule is O=CCCC1=CC(=O)OC1O. The molecule has 1 heterocycles. The fraction of sp³-hybridized carbons (Fsp3) is 0.429. The van der Waals surface area contributed by atoms with Crippen LogP contribution in [-0.4, -0.2) is 23.7 Å². The van der Waals surface area contributed by atoms with Crippen molar-refractivity contribution in [2.24, 2.45) is 0 Å². The fourth-order valence-electron chi connectivity index (χ4n) is 0.864. The zero-order valence-corrected chi connectivity index (χ0v) is 5.82. The van der Waals surface area contributed by atoms with Crippen LogP contribution in [0.4, 0.5) is 0 Å². The van der Waals surface area contributed by atoms with Gasteiger partial charge >= 0.3 is 5.97 Å². The highest BCUT2D eigenvalue weighted by Gasteiger charge is 2.22. The monoisotopic (exact) mass is 156 g/mol. The number of hydrogen-bond donors (Lipinski definition) is 1. The van der Waals surface area contributed by atoms with Crippen molar-refractivity contribution in [3.8, 4) is 0 Å². The molecule has 0 fully saturated rings. The highest BCUT2D eigenvalue weighted by molar-refractivity contribution is 5.85. The second-order valence-corrected chi connectivity index (χ2v) is 2.21. The average Bonchev–Trinajstić information content (AvgIpc) is 2.26. The lowest BCUT2D eigenvalue weighted by atomic mass is 10.1. The van der Waals surface area contributed by atoms with Crippen LogP contribution in [0.5, 0.6) is 0 Å². The van der Waals surface area contributed by atoms with Gasteiger partial charge in [0.25, 0.3) is 0 Å². The van der Waals surface area contributed by atoms with Gasteiger partial charge in [0, 0.05) is 18.1 Å². The van der Waals surface area contributed by atoms with E-state index in [2.05, 4.69) is 4.74 Å². The minimum Gasteiger partial charge on any atom is -0.429 e. The smallest absolute Gasteiger partial charge is 0.333 e. The lowest BCUT2D eigenvalue weighted by Crippen LogP contribution is -2.09. The van der Waals surface area contributed by atoms with Crippen LogP contribution in [0, 0.1) is 0 Å². The summed E-state index contributed by atoms with van der Waals surface area (Å²) in [5.74, 6) is -0.543. The molecular formula is C7H8O4. The molecule has 0 aromatic rings. The molecule has 0 spiro atoms. The van der Waals surface area contributed by atoms with Crippen molar-refractivity contribution in [2.45, 2.75) is 19.1 Å². The Morgan fingerprint density at radius 2 is 2.45 bits per heavy atom. The number of carbonyl (C=O) groups excluding carboxylic acids is 2. The maximum absolute atomic E-state index is 10.5. The molecule has 1 aliphatic heterocycles. The van der Waals surface area contributed by atoms with E-state index in [1.807, 2.05) is 0 Å². The summed E-state index contributed by atoms with van der Waals surface area (Å²) in [6.07, 6.45) is 1.50. The summed E-state index contributed by atoms with van der Waals surface area (Å²) >= 11 is 0. The number of ether oxygens (including phenoxy) is 1. The zero-order valence-electron chi connectivity index (χ0n) is 5.82. The van der Waals surface area contributed by atoms with Crippen LogP contribution in [0.3, 0.4) is 0 Å². The van der Waals surface area contributed by atoms with E-state index in [-0.39, 0.29) is 0 Å². The Balaban J connectivity index is 2.49. The summed E-state index contributed by atoms with van der Waals surface area (Å²) in [6.45, 7) is 0. The van der Waals surface area contributed by atoms with Crippen molar-refractivity contribution in [2.75, 3.05) is 0 Å². The molecule has 0 radical (unpaired) electrons. The second-order valence-electron chi connectivity index (χ2n) is 2.21. The van der Waals surface area contributed by atoms with Crippen molar-refractivity contribution in [3.63, 3.8) is 0 Å². The molecule has 1 unspecified atom stereocenters. The number of cyclic esters (lactones) is 1. The van der Waals surface area contributed by atoms with E-state index in [1.165, 1.54) is 6.08 Å². The highest BCUT2D eigenvalue weighted by atomic mass is 16.6. The standard InChI is InChI=1S/C7H8O4/c8-3-1-2-5-4-6(9)11-7(5)10/h3-4,7,10H,1-2H2. The first-order valence-electron chi connectivity index (χ1n) is 3.27. The molecule has 1 N–H and O–H groups in total. The molecule has 4 nitrogen and oxygen atoms in total. The minimum absolute atomic E-state index is 0.305. The van der Waals surface area contributed by atoms with Crippen molar-refractivity contribution in [1.29, 1.82) is 0 Å². The molecule has 0 amide bonds. The van der Waals surface area contributed by atoms with Crippen LogP contribution in [0.1, 0.15) is 12.8 Å². The van der Waals surface area contributed by atoms with Crippen LogP contribution >= 0.6 is 0 Å². The van der Waals surface area contributed by atoms with E-state index in [1.54, 1.807) is 0 Å². The Hall–Kier alpha value is -1.16. The van der Waals surface area contributed by atoms with Crippen LogP contribution in [0.15, 0.2) is 11.6 Å². The summed E-state index contributed by atoms with van der Waals surface area (Å²) in [6, 6.07) is 0. The highest BCUT2D eigenvalue weighted by Crippen LogP contribution is 2.17. The molecule has 0 saturated carbocycles. The summed E-state index contributed by atoms with van der Waals surface area (Å²) in [5, 5.41) is 8.96. The lowest BCUT2D eigenvalue weighted by molar-refractivity contribution is -0.151. The van der Waals surface area contributed by atoms with Gasteiger partial charge in [0.05, 0.1) is 0 Å². The van der Waals surface area contributed by atoms with Crippen molar-refractivity contribution in [3.05, 3.63) is 11.6 Å². The van der Waals surface area contributed by atoms with Gasteiger partial charge in [0.1, 0.15) is 6.29 Å². The van der Waals surface area contributed by atoms with E-state index in [0.29, 0.717) is 18.4 Å². The van der Waals surface area contributed by atoms with Gasteiger partial charge in [0.2, 0.25) is 6.29 Å². The van der Waals surface area contributed by atoms with Gasteiger partial charge in [-0.25, -0.2) is 4.79 Å². The number of aliphatic hydroxyl groups is 1. The molecule has 0 aromatic heterocycles. The number of aldehydes is 1. The molecule has 60 valence electrons. The summed E-state index contributed by atoms with van der Waals surface area (Å²) in [5.41, 5.74) is 0.474. The van der Waals surface area contributed by atoms with Crippen molar-refractivity contribution < 1.29 is 19.4 Å². The Morgan fingerprint density at radius 1 is 1.73 bits per heavy atom. The Bertz CT molecular complexity index is 206. The first-order chi connectivity index (χ1) is 5.24. The Morgan fingerprint density at radius 3 is 2.91 bits per heavy atom. The number of rotatable bonds is 3. The number of hydrogen-bond acceptors (Lipinski definition) is 4. The van der Waals surface area contributed by atoms with Gasteiger partial charge < -0.3 is 14.6 Å². The van der Waals surface area contributed by atoms with Gasteiger partial charge in [-0.2, -0.15) is 0 Å². The molecule has 11 heavy (non-hydrogen) atoms. The minimum atomic E-state index is -1.14. The van der Waals surface area contributed by atoms with Crippen LogP contribution < -0.4 is 0 Å². The van der Waals surface area contributed by atoms with Gasteiger partial charge in [0.15, 0.2) is 0 Å². The largest absolute Gasteiger partial charge is 0.429 e. The van der Waals surface area contributed by atoms with Gasteiger partial charge in [-0.15, -0.1) is 0 Å². The van der Waals surface area contributed by atoms with E-state index >= 15 is 0 Å². The first kappa shape index (κ1) is 7.94. The quantitative estimate of drug-likeness (QED) is 0.452. The van der Waals surface area contributed by atoms with Gasteiger partial charge in [-0.05, 0) is 6.42 Å². The molecular weight excluding hydrogens is 148 g/mol. The van der Waals surface area contributed by atoms with Crippen LogP contribution in [0.25, 0.3) is 0 Å². The summed E-state index contributed by atoms with van der Waals surface area (Å²) in [7, 11) is 0. The van der Waals surface area contributed by atoms with Crippen molar-refractivity contribution in [1.82, 2.24) is 0 Å². The molecule has 0 aromatic carbocycles. The maximum atomic E-state index is 10.5. The Kier molecular flexibility index (Phi) is 2.38. The third kappa shape index (κ3) is 1.88. The number of aliphatic hydroxyl groups excluding tert-OH is 1. The number of esters is 1. The van der Waals surface area contributed by atoms with Gasteiger partial charge in [-0.1, -0.05) is 0 Å². The fourth-order valence-corrected chi connectivity index (χ4v) is 0.864. The van der Waals surface area contributed by atoms with Crippen LogP contribution in [0.2, 0.25) is 0 Å². The zero-order chi connectivity index (χ0) is 8.27. The first-order valence-corrected chi connectivity index (χ1v) is 3.27. The molecule has 0 bridgehead atoms. The number of carbonyl (C=O) groups is 2.